The summed E-state index contributed by atoms with van der Waals surface area (Å²) in [7, 11) is 0. The zero-order chi connectivity index (χ0) is 15.7. The molecular weight excluding hydrogens is 304 g/mol. The predicted molar refractivity (Wildman–Crippen MR) is 73.4 cm³/mol. The van der Waals surface area contributed by atoms with Gasteiger partial charge >= 0.3 is 6.18 Å². The summed E-state index contributed by atoms with van der Waals surface area (Å²) in [4.78, 5) is 4.16. The largest absolute Gasteiger partial charge is 0.416 e. The normalized spacial score (nSPS) is 12.7. The van der Waals surface area contributed by atoms with E-state index in [2.05, 4.69) is 10.3 Å². The fourth-order valence-electron chi connectivity index (χ4n) is 1.89. The molecule has 21 heavy (non-hydrogen) atoms. The second kappa shape index (κ2) is 5.73. The van der Waals surface area contributed by atoms with Gasteiger partial charge in [0.1, 0.15) is 10.8 Å². The Balaban J connectivity index is 2.21. The van der Waals surface area contributed by atoms with Crippen LogP contribution in [0.5, 0.6) is 0 Å². The number of rotatable bonds is 4. The second-order valence-corrected chi connectivity index (χ2v) is 6.01. The smallest absolute Gasteiger partial charge is 0.302 e. The molecule has 0 fully saturated rings. The Kier molecular flexibility index (Phi) is 4.34. The number of benzene rings is 1. The third-order valence-electron chi connectivity index (χ3n) is 3.07. The summed E-state index contributed by atoms with van der Waals surface area (Å²) in [5, 5.41) is 5.61. The second-order valence-electron chi connectivity index (χ2n) is 5.12. The molecule has 0 saturated carbocycles. The highest BCUT2D eigenvalue weighted by Gasteiger charge is 2.34. The topological polar surface area (TPSA) is 24.9 Å². The lowest BCUT2D eigenvalue weighted by molar-refractivity contribution is -0.138. The van der Waals surface area contributed by atoms with E-state index in [1.807, 2.05) is 13.8 Å². The lowest BCUT2D eigenvalue weighted by Crippen LogP contribution is -2.36. The Hall–Kier alpha value is -1.47. The van der Waals surface area contributed by atoms with Crippen molar-refractivity contribution in [3.8, 4) is 0 Å². The summed E-state index contributed by atoms with van der Waals surface area (Å²) in [6, 6.07) is 2.71. The highest BCUT2D eigenvalue weighted by molar-refractivity contribution is 7.09. The number of halogens is 4. The lowest BCUT2D eigenvalue weighted by atomic mass is 10.0. The Bertz CT molecular complexity index is 606. The maximum atomic E-state index is 13.0. The van der Waals surface area contributed by atoms with E-state index in [1.54, 1.807) is 11.6 Å². The first-order chi connectivity index (χ1) is 9.70. The number of aromatic nitrogens is 1. The van der Waals surface area contributed by atoms with Crippen molar-refractivity contribution in [1.82, 2.24) is 10.3 Å². The molecule has 1 aromatic heterocycles. The summed E-state index contributed by atoms with van der Waals surface area (Å²) in [6.45, 7) is 3.65. The molecule has 0 unspecified atom stereocenters. The fraction of sp³-hybridized carbons (Fsp3) is 0.357. The SMILES string of the molecule is CC(C)(NCc1ccc(F)cc1C(F)(F)F)c1nccs1. The third kappa shape index (κ3) is 3.79. The summed E-state index contributed by atoms with van der Waals surface area (Å²) in [5.41, 5.74) is -1.51. The number of hydrogen-bond donors (Lipinski definition) is 1. The monoisotopic (exact) mass is 318 g/mol. The van der Waals surface area contributed by atoms with Gasteiger partial charge in [-0.1, -0.05) is 6.07 Å². The minimum atomic E-state index is -4.58. The summed E-state index contributed by atoms with van der Waals surface area (Å²) >= 11 is 1.42. The molecule has 2 nitrogen and oxygen atoms in total. The molecule has 0 bridgehead atoms. The van der Waals surface area contributed by atoms with E-state index < -0.39 is 23.1 Å². The molecule has 2 rings (SSSR count). The summed E-state index contributed by atoms with van der Waals surface area (Å²) < 4.78 is 51.8. The zero-order valence-corrected chi connectivity index (χ0v) is 12.3. The van der Waals surface area contributed by atoms with Crippen LogP contribution in [-0.2, 0) is 18.3 Å². The number of thiazole rings is 1. The maximum absolute atomic E-state index is 13.0. The van der Waals surface area contributed by atoms with Crippen molar-refractivity contribution < 1.29 is 17.6 Å². The summed E-state index contributed by atoms with van der Waals surface area (Å²) in [6.07, 6.45) is -2.94. The van der Waals surface area contributed by atoms with Gasteiger partial charge in [0, 0.05) is 18.1 Å². The molecule has 1 heterocycles. The summed E-state index contributed by atoms with van der Waals surface area (Å²) in [5.74, 6) is -0.898. The molecule has 0 spiro atoms. The molecule has 0 atom stereocenters. The molecule has 1 aromatic carbocycles. The lowest BCUT2D eigenvalue weighted by Gasteiger charge is -2.25. The average molecular weight is 318 g/mol. The van der Waals surface area contributed by atoms with Crippen LogP contribution in [0.1, 0.15) is 30.0 Å². The van der Waals surface area contributed by atoms with Gasteiger partial charge in [-0.25, -0.2) is 9.37 Å². The van der Waals surface area contributed by atoms with Crippen molar-refractivity contribution in [2.75, 3.05) is 0 Å². The van der Waals surface area contributed by atoms with Crippen LogP contribution in [0, 0.1) is 5.82 Å². The third-order valence-corrected chi connectivity index (χ3v) is 4.16. The van der Waals surface area contributed by atoms with Gasteiger partial charge in [0.15, 0.2) is 0 Å². The fourth-order valence-corrected chi connectivity index (χ4v) is 2.63. The average Bonchev–Trinajstić information content (AvgIpc) is 2.91. The molecule has 0 aliphatic carbocycles. The van der Waals surface area contributed by atoms with Crippen LogP contribution in [0.15, 0.2) is 29.8 Å². The van der Waals surface area contributed by atoms with Crippen molar-refractivity contribution in [2.24, 2.45) is 0 Å². The molecule has 7 heteroatoms. The van der Waals surface area contributed by atoms with Crippen molar-refractivity contribution >= 4 is 11.3 Å². The van der Waals surface area contributed by atoms with Gasteiger partial charge in [0.25, 0.3) is 0 Å². The van der Waals surface area contributed by atoms with Crippen molar-refractivity contribution in [1.29, 1.82) is 0 Å². The number of nitrogens with zero attached hydrogens (tertiary/aromatic N) is 1. The Morgan fingerprint density at radius 2 is 1.95 bits per heavy atom. The minimum absolute atomic E-state index is 0.00790. The van der Waals surface area contributed by atoms with Crippen LogP contribution in [0.4, 0.5) is 17.6 Å². The zero-order valence-electron chi connectivity index (χ0n) is 11.5. The molecule has 0 saturated heterocycles. The van der Waals surface area contributed by atoms with E-state index in [4.69, 9.17) is 0 Å². The molecule has 0 aliphatic heterocycles. The van der Waals surface area contributed by atoms with E-state index in [-0.39, 0.29) is 12.1 Å². The Morgan fingerprint density at radius 1 is 1.24 bits per heavy atom. The Morgan fingerprint density at radius 3 is 2.52 bits per heavy atom. The quantitative estimate of drug-likeness (QED) is 0.849. The van der Waals surface area contributed by atoms with E-state index in [0.717, 1.165) is 17.1 Å². The highest BCUT2D eigenvalue weighted by atomic mass is 32.1. The van der Waals surface area contributed by atoms with Crippen LogP contribution in [0.2, 0.25) is 0 Å². The highest BCUT2D eigenvalue weighted by Crippen LogP contribution is 2.33. The van der Waals surface area contributed by atoms with Gasteiger partial charge in [0.05, 0.1) is 11.1 Å². The first kappa shape index (κ1) is 15.9. The molecule has 0 amide bonds. The van der Waals surface area contributed by atoms with Gasteiger partial charge in [-0.05, 0) is 31.5 Å². The van der Waals surface area contributed by atoms with Crippen LogP contribution in [-0.4, -0.2) is 4.98 Å². The van der Waals surface area contributed by atoms with Gasteiger partial charge < -0.3 is 5.32 Å². The number of hydrogen-bond acceptors (Lipinski definition) is 3. The van der Waals surface area contributed by atoms with E-state index >= 15 is 0 Å². The predicted octanol–water partition coefficient (Wildman–Crippen LogP) is 4.33. The number of nitrogens with one attached hydrogen (secondary N) is 1. The van der Waals surface area contributed by atoms with Crippen LogP contribution in [0.3, 0.4) is 0 Å². The maximum Gasteiger partial charge on any atom is 0.416 e. The first-order valence-electron chi connectivity index (χ1n) is 6.21. The van der Waals surface area contributed by atoms with Crippen LogP contribution in [0.25, 0.3) is 0 Å². The first-order valence-corrected chi connectivity index (χ1v) is 7.09. The van der Waals surface area contributed by atoms with E-state index in [1.165, 1.54) is 11.3 Å². The Labute approximate surface area is 123 Å². The van der Waals surface area contributed by atoms with Crippen molar-refractivity contribution in [2.45, 2.75) is 32.1 Å². The van der Waals surface area contributed by atoms with Crippen molar-refractivity contribution in [3.05, 3.63) is 51.7 Å². The molecular formula is C14H14F4N2S. The molecule has 114 valence electrons. The standard InChI is InChI=1S/C14H14F4N2S/c1-13(2,12-19-5-6-21-12)20-8-9-3-4-10(15)7-11(9)14(16,17)18/h3-7,20H,8H2,1-2H3. The van der Waals surface area contributed by atoms with Gasteiger partial charge in [-0.3, -0.25) is 0 Å². The van der Waals surface area contributed by atoms with E-state index in [9.17, 15) is 17.6 Å². The molecule has 2 aromatic rings. The van der Waals surface area contributed by atoms with Crippen molar-refractivity contribution in [3.63, 3.8) is 0 Å². The number of alkyl halides is 3. The van der Waals surface area contributed by atoms with Gasteiger partial charge in [-0.15, -0.1) is 11.3 Å². The minimum Gasteiger partial charge on any atom is -0.302 e. The van der Waals surface area contributed by atoms with Gasteiger partial charge in [0.2, 0.25) is 0 Å². The van der Waals surface area contributed by atoms with Crippen LogP contribution < -0.4 is 5.32 Å². The van der Waals surface area contributed by atoms with E-state index in [0.29, 0.717) is 6.07 Å². The molecule has 1 N–H and O–H groups in total. The molecule has 0 radical (unpaired) electrons. The van der Waals surface area contributed by atoms with Crippen LogP contribution >= 0.6 is 11.3 Å². The molecule has 0 aliphatic rings. The van der Waals surface area contributed by atoms with Gasteiger partial charge in [-0.2, -0.15) is 13.2 Å².